The molecule has 15 heavy (non-hydrogen) atoms. The molecule has 1 rings (SSSR count). The van der Waals surface area contributed by atoms with Gasteiger partial charge in [0.25, 0.3) is 0 Å². The van der Waals surface area contributed by atoms with Gasteiger partial charge in [-0.1, -0.05) is 12.1 Å². The summed E-state index contributed by atoms with van der Waals surface area (Å²) in [5.74, 6) is 0. The van der Waals surface area contributed by atoms with Crippen molar-refractivity contribution in [3.8, 4) is 6.07 Å². The Morgan fingerprint density at radius 1 is 1.47 bits per heavy atom. The zero-order chi connectivity index (χ0) is 11.3. The monoisotopic (exact) mass is 204 g/mol. The molecule has 0 spiro atoms. The predicted molar refractivity (Wildman–Crippen MR) is 59.3 cm³/mol. The molecule has 2 N–H and O–H groups in total. The van der Waals surface area contributed by atoms with Gasteiger partial charge in [-0.05, 0) is 31.5 Å². The average Bonchev–Trinajstić information content (AvgIpc) is 2.28. The largest absolute Gasteiger partial charge is 0.395 e. The molecule has 1 aromatic carbocycles. The molecule has 0 saturated heterocycles. The summed E-state index contributed by atoms with van der Waals surface area (Å²) in [4.78, 5) is 0. The Morgan fingerprint density at radius 2 is 2.20 bits per heavy atom. The van der Waals surface area contributed by atoms with Gasteiger partial charge in [-0.15, -0.1) is 0 Å². The molecule has 0 radical (unpaired) electrons. The molecule has 0 aliphatic heterocycles. The third-order valence-electron chi connectivity index (χ3n) is 2.32. The van der Waals surface area contributed by atoms with Gasteiger partial charge in [-0.2, -0.15) is 5.26 Å². The van der Waals surface area contributed by atoms with Gasteiger partial charge in [0.05, 0.1) is 18.2 Å². The minimum atomic E-state index is 0.0609. The maximum Gasteiger partial charge on any atom is 0.0991 e. The molecule has 3 heteroatoms. The third-order valence-corrected chi connectivity index (χ3v) is 2.32. The highest BCUT2D eigenvalue weighted by molar-refractivity contribution is 5.34. The number of hydrogen-bond donors (Lipinski definition) is 2. The van der Waals surface area contributed by atoms with Crippen LogP contribution in [0, 0.1) is 11.3 Å². The summed E-state index contributed by atoms with van der Waals surface area (Å²) < 4.78 is 0. The van der Waals surface area contributed by atoms with Crippen molar-refractivity contribution >= 4 is 0 Å². The number of nitriles is 1. The molecule has 0 aliphatic carbocycles. The van der Waals surface area contributed by atoms with Crippen molar-refractivity contribution in [1.29, 1.82) is 5.26 Å². The topological polar surface area (TPSA) is 56.0 Å². The minimum absolute atomic E-state index is 0.0609. The normalized spacial score (nSPS) is 14.3. The fraction of sp³-hybridized carbons (Fsp3) is 0.417. The Morgan fingerprint density at radius 3 is 2.80 bits per heavy atom. The predicted octanol–water partition coefficient (Wildman–Crippen LogP) is 1.59. The molecule has 0 amide bonds. The van der Waals surface area contributed by atoms with Crippen LogP contribution in [0.2, 0.25) is 0 Å². The zero-order valence-corrected chi connectivity index (χ0v) is 9.07. The molecule has 0 bridgehead atoms. The van der Waals surface area contributed by atoms with Gasteiger partial charge >= 0.3 is 0 Å². The number of nitrogens with zero attached hydrogens (tertiary/aromatic N) is 1. The van der Waals surface area contributed by atoms with Gasteiger partial charge < -0.3 is 10.4 Å². The van der Waals surface area contributed by atoms with Crippen molar-refractivity contribution in [2.75, 3.05) is 6.61 Å². The Balaban J connectivity index is 2.73. The smallest absolute Gasteiger partial charge is 0.0991 e. The average molecular weight is 204 g/mol. The summed E-state index contributed by atoms with van der Waals surface area (Å²) in [6.45, 7) is 4.05. The van der Waals surface area contributed by atoms with Crippen molar-refractivity contribution < 1.29 is 5.11 Å². The van der Waals surface area contributed by atoms with Crippen molar-refractivity contribution in [1.82, 2.24) is 5.32 Å². The standard InChI is InChI=1S/C12H16N2O/c1-9(8-15)14-10(2)12-5-3-4-11(6-12)7-13/h3-6,9-10,14-15H,8H2,1-2H3/t9-,10+/m1/s1. The number of aliphatic hydroxyl groups is 1. The van der Waals surface area contributed by atoms with E-state index in [1.165, 1.54) is 0 Å². The van der Waals surface area contributed by atoms with Gasteiger partial charge in [0.15, 0.2) is 0 Å². The lowest BCUT2D eigenvalue weighted by Gasteiger charge is -2.18. The van der Waals surface area contributed by atoms with Crippen LogP contribution in [0.15, 0.2) is 24.3 Å². The van der Waals surface area contributed by atoms with E-state index < -0.39 is 0 Å². The molecule has 2 atom stereocenters. The summed E-state index contributed by atoms with van der Waals surface area (Å²) in [6, 6.07) is 9.80. The maximum atomic E-state index is 8.92. The third kappa shape index (κ3) is 3.35. The molecule has 3 nitrogen and oxygen atoms in total. The highest BCUT2D eigenvalue weighted by Gasteiger charge is 2.08. The van der Waals surface area contributed by atoms with Crippen LogP contribution in [0.4, 0.5) is 0 Å². The van der Waals surface area contributed by atoms with Crippen molar-refractivity contribution in [2.24, 2.45) is 0 Å². The van der Waals surface area contributed by atoms with E-state index in [1.807, 2.05) is 32.0 Å². The summed E-state index contributed by atoms with van der Waals surface area (Å²) in [5.41, 5.74) is 1.73. The first-order valence-electron chi connectivity index (χ1n) is 5.04. The van der Waals surface area contributed by atoms with Crippen LogP contribution in [-0.4, -0.2) is 17.8 Å². The molecule has 0 aromatic heterocycles. The quantitative estimate of drug-likeness (QED) is 0.783. The van der Waals surface area contributed by atoms with E-state index in [9.17, 15) is 0 Å². The molecule has 0 fully saturated rings. The van der Waals surface area contributed by atoms with E-state index in [1.54, 1.807) is 6.07 Å². The van der Waals surface area contributed by atoms with Crippen LogP contribution in [0.1, 0.15) is 31.0 Å². The van der Waals surface area contributed by atoms with E-state index >= 15 is 0 Å². The first-order chi connectivity index (χ1) is 7.17. The van der Waals surface area contributed by atoms with Gasteiger partial charge in [-0.25, -0.2) is 0 Å². The fourth-order valence-corrected chi connectivity index (χ4v) is 1.45. The molecule has 0 heterocycles. The van der Waals surface area contributed by atoms with Crippen LogP contribution >= 0.6 is 0 Å². The van der Waals surface area contributed by atoms with E-state index in [0.29, 0.717) is 5.56 Å². The molecule has 0 saturated carbocycles. The summed E-state index contributed by atoms with van der Waals surface area (Å²) in [5, 5.41) is 20.9. The molecular formula is C12H16N2O. The molecule has 0 unspecified atom stereocenters. The first-order valence-corrected chi connectivity index (χ1v) is 5.04. The highest BCUT2D eigenvalue weighted by Crippen LogP contribution is 2.14. The number of rotatable bonds is 4. The Kier molecular flexibility index (Phi) is 4.29. The van der Waals surface area contributed by atoms with E-state index in [-0.39, 0.29) is 18.7 Å². The fourth-order valence-electron chi connectivity index (χ4n) is 1.45. The van der Waals surface area contributed by atoms with Crippen LogP contribution in [-0.2, 0) is 0 Å². The molecule has 0 aliphatic rings. The lowest BCUT2D eigenvalue weighted by atomic mass is 10.1. The molecule has 80 valence electrons. The SMILES string of the molecule is C[C@H](CO)N[C@@H](C)c1cccc(C#N)c1. The second kappa shape index (κ2) is 5.50. The first kappa shape index (κ1) is 11.7. The van der Waals surface area contributed by atoms with Crippen LogP contribution in [0.25, 0.3) is 0 Å². The van der Waals surface area contributed by atoms with Gasteiger partial charge in [0.1, 0.15) is 0 Å². The van der Waals surface area contributed by atoms with Gasteiger partial charge in [0.2, 0.25) is 0 Å². The second-order valence-corrected chi connectivity index (χ2v) is 3.71. The summed E-state index contributed by atoms with van der Waals surface area (Å²) in [7, 11) is 0. The van der Waals surface area contributed by atoms with Gasteiger partial charge in [0, 0.05) is 12.1 Å². The van der Waals surface area contributed by atoms with E-state index in [0.717, 1.165) is 5.56 Å². The maximum absolute atomic E-state index is 8.92. The number of aliphatic hydroxyl groups excluding tert-OH is 1. The summed E-state index contributed by atoms with van der Waals surface area (Å²) >= 11 is 0. The number of hydrogen-bond acceptors (Lipinski definition) is 3. The Labute approximate surface area is 90.4 Å². The minimum Gasteiger partial charge on any atom is -0.395 e. The Bertz CT molecular complexity index is 357. The molecular weight excluding hydrogens is 188 g/mol. The lowest BCUT2D eigenvalue weighted by molar-refractivity contribution is 0.243. The second-order valence-electron chi connectivity index (χ2n) is 3.71. The zero-order valence-electron chi connectivity index (χ0n) is 9.07. The van der Waals surface area contributed by atoms with Crippen LogP contribution in [0.3, 0.4) is 0 Å². The molecule has 1 aromatic rings. The van der Waals surface area contributed by atoms with E-state index in [4.69, 9.17) is 10.4 Å². The summed E-state index contributed by atoms with van der Waals surface area (Å²) in [6.07, 6.45) is 0. The van der Waals surface area contributed by atoms with Gasteiger partial charge in [-0.3, -0.25) is 0 Å². The number of nitrogens with one attached hydrogen (secondary N) is 1. The van der Waals surface area contributed by atoms with Crippen molar-refractivity contribution in [2.45, 2.75) is 25.9 Å². The highest BCUT2D eigenvalue weighted by atomic mass is 16.3. The number of benzene rings is 1. The van der Waals surface area contributed by atoms with Crippen LogP contribution < -0.4 is 5.32 Å². The van der Waals surface area contributed by atoms with E-state index in [2.05, 4.69) is 11.4 Å². The van der Waals surface area contributed by atoms with Crippen LogP contribution in [0.5, 0.6) is 0 Å². The lowest BCUT2D eigenvalue weighted by Crippen LogP contribution is -2.31. The van der Waals surface area contributed by atoms with Crippen molar-refractivity contribution in [3.05, 3.63) is 35.4 Å². The Hall–Kier alpha value is -1.37. The van der Waals surface area contributed by atoms with Crippen molar-refractivity contribution in [3.63, 3.8) is 0 Å².